The third-order valence-electron chi connectivity index (χ3n) is 3.66. The Bertz CT molecular complexity index is 359. The molecule has 1 aromatic heterocycles. The number of aromatic nitrogens is 2. The lowest BCUT2D eigenvalue weighted by molar-refractivity contribution is -0.0876. The maximum Gasteiger partial charge on any atom is 0.138 e. The minimum atomic E-state index is -0.208. The number of nitrogens with two attached hydrogens (primary N) is 1. The third kappa shape index (κ3) is 2.53. The normalized spacial score (nSPS) is 29.5. The number of H-pyrrole nitrogens is 1. The second-order valence-corrected chi connectivity index (χ2v) is 5.09. The predicted molar refractivity (Wildman–Crippen MR) is 67.4 cm³/mol. The number of hydrogen-bond donors (Lipinski definition) is 2. The van der Waals surface area contributed by atoms with E-state index in [1.54, 1.807) is 0 Å². The maximum absolute atomic E-state index is 6.05. The van der Waals surface area contributed by atoms with Crippen LogP contribution in [0.5, 0.6) is 0 Å². The van der Waals surface area contributed by atoms with Gasteiger partial charge in [-0.2, -0.15) is 0 Å². The largest absolute Gasteiger partial charge is 0.367 e. The zero-order chi connectivity index (χ0) is 12.3. The molecule has 4 nitrogen and oxygen atoms in total. The van der Waals surface area contributed by atoms with Crippen molar-refractivity contribution in [3.05, 3.63) is 17.7 Å². The number of nitrogens with zero attached hydrogens (tertiary/aromatic N) is 1. The number of aromatic amines is 1. The van der Waals surface area contributed by atoms with Crippen LogP contribution in [0.2, 0.25) is 0 Å². The molecule has 3 N–H and O–H groups in total. The van der Waals surface area contributed by atoms with E-state index >= 15 is 0 Å². The van der Waals surface area contributed by atoms with Crippen LogP contribution in [0, 0.1) is 5.92 Å². The Morgan fingerprint density at radius 3 is 3.06 bits per heavy atom. The van der Waals surface area contributed by atoms with Crippen LogP contribution in [-0.4, -0.2) is 16.6 Å². The number of ether oxygens (including phenoxy) is 1. The van der Waals surface area contributed by atoms with Gasteiger partial charge in [-0.1, -0.05) is 13.3 Å². The van der Waals surface area contributed by atoms with E-state index in [0.717, 1.165) is 31.0 Å². The minimum Gasteiger partial charge on any atom is -0.367 e. The number of rotatable bonds is 4. The van der Waals surface area contributed by atoms with Crippen molar-refractivity contribution in [2.45, 2.75) is 51.7 Å². The molecule has 0 radical (unpaired) electrons. The fourth-order valence-corrected chi connectivity index (χ4v) is 2.89. The zero-order valence-corrected chi connectivity index (χ0v) is 10.8. The van der Waals surface area contributed by atoms with Gasteiger partial charge in [-0.15, -0.1) is 0 Å². The second kappa shape index (κ2) is 5.19. The van der Waals surface area contributed by atoms with Gasteiger partial charge in [0.05, 0.1) is 0 Å². The van der Waals surface area contributed by atoms with Crippen molar-refractivity contribution < 1.29 is 4.74 Å². The molecule has 0 aliphatic heterocycles. The summed E-state index contributed by atoms with van der Waals surface area (Å²) >= 11 is 0. The molecule has 96 valence electrons. The lowest BCUT2D eigenvalue weighted by Gasteiger charge is -2.38. The molecule has 0 aromatic carbocycles. The summed E-state index contributed by atoms with van der Waals surface area (Å²) in [6.45, 7) is 5.57. The highest BCUT2D eigenvalue weighted by molar-refractivity contribution is 5.10. The van der Waals surface area contributed by atoms with Gasteiger partial charge in [-0.25, -0.2) is 4.98 Å². The first-order valence-corrected chi connectivity index (χ1v) is 6.58. The Balaban J connectivity index is 2.26. The molecule has 2 rings (SSSR count). The molecule has 1 heterocycles. The number of imidazole rings is 1. The molecule has 1 fully saturated rings. The Hall–Kier alpha value is -0.870. The smallest absolute Gasteiger partial charge is 0.138 e. The van der Waals surface area contributed by atoms with Gasteiger partial charge in [0.25, 0.3) is 0 Å². The van der Waals surface area contributed by atoms with Crippen molar-refractivity contribution in [1.29, 1.82) is 0 Å². The highest BCUT2D eigenvalue weighted by Gasteiger charge is 2.39. The quantitative estimate of drug-likeness (QED) is 0.844. The van der Waals surface area contributed by atoms with E-state index in [0.29, 0.717) is 12.5 Å². The standard InChI is InChI=1S/C13H23N3O/c1-3-17-13(6-4-5-10(2)7-13)12-15-9-11(8-14)16-12/h9-10H,3-8,14H2,1-2H3,(H,15,16). The highest BCUT2D eigenvalue weighted by Crippen LogP contribution is 2.41. The van der Waals surface area contributed by atoms with E-state index in [1.165, 1.54) is 12.8 Å². The summed E-state index contributed by atoms with van der Waals surface area (Å²) in [7, 11) is 0. The first-order valence-electron chi connectivity index (χ1n) is 6.58. The zero-order valence-electron chi connectivity index (χ0n) is 10.8. The van der Waals surface area contributed by atoms with Crippen LogP contribution in [0.3, 0.4) is 0 Å². The van der Waals surface area contributed by atoms with Gasteiger partial charge >= 0.3 is 0 Å². The lowest BCUT2D eigenvalue weighted by Crippen LogP contribution is -2.36. The van der Waals surface area contributed by atoms with Crippen LogP contribution in [0.4, 0.5) is 0 Å². The van der Waals surface area contributed by atoms with E-state index in [9.17, 15) is 0 Å². The van der Waals surface area contributed by atoms with Crippen LogP contribution >= 0.6 is 0 Å². The van der Waals surface area contributed by atoms with Crippen LogP contribution in [0.1, 0.15) is 51.0 Å². The molecule has 0 amide bonds. The third-order valence-corrected chi connectivity index (χ3v) is 3.66. The molecule has 1 aliphatic rings. The summed E-state index contributed by atoms with van der Waals surface area (Å²) in [5, 5.41) is 0. The molecule has 0 saturated heterocycles. The van der Waals surface area contributed by atoms with Gasteiger partial charge in [-0.3, -0.25) is 0 Å². The van der Waals surface area contributed by atoms with Crippen LogP contribution in [0.15, 0.2) is 6.20 Å². The molecule has 17 heavy (non-hydrogen) atoms. The number of hydrogen-bond acceptors (Lipinski definition) is 3. The first-order chi connectivity index (χ1) is 8.20. The molecule has 1 saturated carbocycles. The van der Waals surface area contributed by atoms with Crippen molar-refractivity contribution in [3.8, 4) is 0 Å². The van der Waals surface area contributed by atoms with Gasteiger partial charge in [0, 0.05) is 25.0 Å². The summed E-state index contributed by atoms with van der Waals surface area (Å²) in [6.07, 6.45) is 6.44. The molecule has 1 aromatic rings. The summed E-state index contributed by atoms with van der Waals surface area (Å²) in [5.74, 6) is 1.66. The van der Waals surface area contributed by atoms with Gasteiger partial charge in [0.2, 0.25) is 0 Å². The molecule has 1 aliphatic carbocycles. The summed E-state index contributed by atoms with van der Waals surface area (Å²) in [5.41, 5.74) is 6.40. The van der Waals surface area contributed by atoms with Crippen molar-refractivity contribution in [2.24, 2.45) is 11.7 Å². The average molecular weight is 237 g/mol. The van der Waals surface area contributed by atoms with Crippen LogP contribution in [0.25, 0.3) is 0 Å². The fourth-order valence-electron chi connectivity index (χ4n) is 2.89. The predicted octanol–water partition coefficient (Wildman–Crippen LogP) is 2.31. The second-order valence-electron chi connectivity index (χ2n) is 5.09. The summed E-state index contributed by atoms with van der Waals surface area (Å²) in [6, 6.07) is 0. The minimum absolute atomic E-state index is 0.208. The molecular formula is C13H23N3O. The van der Waals surface area contributed by atoms with Crippen LogP contribution in [-0.2, 0) is 16.9 Å². The van der Waals surface area contributed by atoms with Gasteiger partial charge in [-0.05, 0) is 32.1 Å². The van der Waals surface area contributed by atoms with E-state index in [2.05, 4.69) is 16.9 Å². The molecule has 4 heteroatoms. The average Bonchev–Trinajstić information content (AvgIpc) is 2.78. The lowest BCUT2D eigenvalue weighted by atomic mass is 9.78. The molecule has 2 atom stereocenters. The van der Waals surface area contributed by atoms with Crippen molar-refractivity contribution >= 4 is 0 Å². The van der Waals surface area contributed by atoms with E-state index in [4.69, 9.17) is 10.5 Å². The highest BCUT2D eigenvalue weighted by atomic mass is 16.5. The summed E-state index contributed by atoms with van der Waals surface area (Å²) < 4.78 is 6.05. The van der Waals surface area contributed by atoms with Crippen LogP contribution < -0.4 is 5.73 Å². The Kier molecular flexibility index (Phi) is 3.84. The van der Waals surface area contributed by atoms with Crippen molar-refractivity contribution in [1.82, 2.24) is 9.97 Å². The monoisotopic (exact) mass is 237 g/mol. The molecule has 0 spiro atoms. The molecule has 2 unspecified atom stereocenters. The van der Waals surface area contributed by atoms with Crippen molar-refractivity contribution in [2.75, 3.05) is 6.61 Å². The van der Waals surface area contributed by atoms with E-state index < -0.39 is 0 Å². The SMILES string of the molecule is CCOC1(c2ncc(CN)[nH]2)CCCC(C)C1. The van der Waals surface area contributed by atoms with Gasteiger partial charge in [0.15, 0.2) is 0 Å². The summed E-state index contributed by atoms with van der Waals surface area (Å²) in [4.78, 5) is 7.79. The van der Waals surface area contributed by atoms with E-state index in [-0.39, 0.29) is 5.60 Å². The Labute approximate surface area is 103 Å². The van der Waals surface area contributed by atoms with Gasteiger partial charge < -0.3 is 15.5 Å². The van der Waals surface area contributed by atoms with Crippen molar-refractivity contribution in [3.63, 3.8) is 0 Å². The Morgan fingerprint density at radius 1 is 1.65 bits per heavy atom. The first kappa shape index (κ1) is 12.6. The fraction of sp³-hybridized carbons (Fsp3) is 0.769. The molecular weight excluding hydrogens is 214 g/mol. The molecule has 0 bridgehead atoms. The number of nitrogens with one attached hydrogen (secondary N) is 1. The Morgan fingerprint density at radius 2 is 2.47 bits per heavy atom. The topological polar surface area (TPSA) is 63.9 Å². The van der Waals surface area contributed by atoms with E-state index in [1.807, 2.05) is 13.1 Å². The maximum atomic E-state index is 6.05. The van der Waals surface area contributed by atoms with Gasteiger partial charge in [0.1, 0.15) is 11.4 Å².